The normalized spacial score (nSPS) is 12.1. The van der Waals surface area contributed by atoms with Crippen molar-refractivity contribution >= 4 is 33.1 Å². The van der Waals surface area contributed by atoms with E-state index in [0.29, 0.717) is 23.0 Å². The third-order valence-electron chi connectivity index (χ3n) is 2.26. The van der Waals surface area contributed by atoms with Crippen molar-refractivity contribution in [2.75, 3.05) is 0 Å². The molecule has 2 aromatic heterocycles. The third-order valence-corrected chi connectivity index (χ3v) is 3.88. The highest BCUT2D eigenvalue weighted by atomic mass is 79.9. The van der Waals surface area contributed by atoms with Crippen molar-refractivity contribution in [3.63, 3.8) is 0 Å². The lowest BCUT2D eigenvalue weighted by Gasteiger charge is -1.99. The Kier molecular flexibility index (Phi) is 4.60. The number of oxime groups is 1. The molecule has 0 saturated heterocycles. The van der Waals surface area contributed by atoms with Gasteiger partial charge >= 0.3 is 0 Å². The largest absolute Gasteiger partial charge is 0.446 e. The van der Waals surface area contributed by atoms with Gasteiger partial charge in [0.25, 0.3) is 0 Å². The van der Waals surface area contributed by atoms with E-state index < -0.39 is 0 Å². The maximum atomic E-state index is 5.72. The first-order valence-corrected chi connectivity index (χ1v) is 7.39. The lowest BCUT2D eigenvalue weighted by molar-refractivity contribution is 0.127. The average molecular weight is 344 g/mol. The van der Waals surface area contributed by atoms with Crippen LogP contribution in [0.4, 0.5) is 0 Å². The molecule has 0 atom stereocenters. The molecule has 2 N–H and O–H groups in total. The molecule has 0 aliphatic rings. The van der Waals surface area contributed by atoms with Gasteiger partial charge in [-0.05, 0) is 28.1 Å². The summed E-state index contributed by atoms with van der Waals surface area (Å²) in [5.41, 5.74) is 6.57. The maximum Gasteiger partial charge on any atom is 0.206 e. The smallest absolute Gasteiger partial charge is 0.206 e. The van der Waals surface area contributed by atoms with E-state index in [0.717, 1.165) is 10.7 Å². The van der Waals surface area contributed by atoms with Crippen molar-refractivity contribution in [3.05, 3.63) is 38.6 Å². The highest BCUT2D eigenvalue weighted by molar-refractivity contribution is 9.10. The zero-order valence-electron chi connectivity index (χ0n) is 10.6. The van der Waals surface area contributed by atoms with Crippen LogP contribution < -0.4 is 5.73 Å². The van der Waals surface area contributed by atoms with Crippen molar-refractivity contribution in [2.45, 2.75) is 26.4 Å². The van der Waals surface area contributed by atoms with Crippen molar-refractivity contribution in [3.8, 4) is 0 Å². The van der Waals surface area contributed by atoms with Crippen LogP contribution in [-0.2, 0) is 11.4 Å². The van der Waals surface area contributed by atoms with Crippen LogP contribution in [0, 0.1) is 0 Å². The van der Waals surface area contributed by atoms with Gasteiger partial charge in [0.1, 0.15) is 0 Å². The van der Waals surface area contributed by atoms with E-state index in [1.165, 1.54) is 0 Å². The third kappa shape index (κ3) is 3.81. The summed E-state index contributed by atoms with van der Waals surface area (Å²) < 4.78 is 5.85. The Hall–Kier alpha value is -1.34. The topological polar surface area (TPSA) is 73.6 Å². The van der Waals surface area contributed by atoms with E-state index in [4.69, 9.17) is 15.0 Å². The molecule has 5 nitrogen and oxygen atoms in total. The van der Waals surface area contributed by atoms with Crippen LogP contribution in [0.3, 0.4) is 0 Å². The van der Waals surface area contributed by atoms with Crippen molar-refractivity contribution in [1.82, 2.24) is 4.98 Å². The van der Waals surface area contributed by atoms with E-state index in [1.807, 2.05) is 5.38 Å². The van der Waals surface area contributed by atoms with Crippen LogP contribution in [0.2, 0.25) is 0 Å². The Balaban J connectivity index is 1.91. The van der Waals surface area contributed by atoms with Crippen molar-refractivity contribution in [1.29, 1.82) is 0 Å². The molecular weight excluding hydrogens is 330 g/mol. The summed E-state index contributed by atoms with van der Waals surface area (Å²) in [5.74, 6) is 1.09. The highest BCUT2D eigenvalue weighted by Gasteiger charge is 2.07. The SMILES string of the molecule is CC(C)c1nc(CON=C(N)c2ccc(Br)o2)cs1. The second-order valence-electron chi connectivity index (χ2n) is 4.19. The average Bonchev–Trinajstić information content (AvgIpc) is 2.98. The fraction of sp³-hybridized carbons (Fsp3) is 0.333. The van der Waals surface area contributed by atoms with Gasteiger partial charge < -0.3 is 15.0 Å². The minimum atomic E-state index is 0.199. The first-order chi connectivity index (χ1) is 9.06. The Bertz CT molecular complexity index is 577. The first-order valence-electron chi connectivity index (χ1n) is 5.71. The molecule has 0 radical (unpaired) electrons. The molecule has 2 aromatic rings. The van der Waals surface area contributed by atoms with Crippen molar-refractivity contribution < 1.29 is 9.25 Å². The monoisotopic (exact) mass is 343 g/mol. The Labute approximate surface area is 123 Å². The van der Waals surface area contributed by atoms with Gasteiger partial charge in [0.2, 0.25) is 5.84 Å². The number of amidine groups is 1. The number of hydrogen-bond donors (Lipinski definition) is 1. The van der Waals surface area contributed by atoms with Crippen molar-refractivity contribution in [2.24, 2.45) is 10.9 Å². The molecule has 0 aliphatic heterocycles. The summed E-state index contributed by atoms with van der Waals surface area (Å²) >= 11 is 4.82. The van der Waals surface area contributed by atoms with Gasteiger partial charge in [-0.3, -0.25) is 0 Å². The predicted molar refractivity (Wildman–Crippen MR) is 78.1 cm³/mol. The molecule has 2 heterocycles. The highest BCUT2D eigenvalue weighted by Crippen LogP contribution is 2.19. The Morgan fingerprint density at radius 1 is 1.58 bits per heavy atom. The lowest BCUT2D eigenvalue weighted by Crippen LogP contribution is -2.12. The zero-order valence-corrected chi connectivity index (χ0v) is 13.0. The summed E-state index contributed by atoms with van der Waals surface area (Å²) in [4.78, 5) is 9.61. The number of rotatable bonds is 5. The van der Waals surface area contributed by atoms with Gasteiger partial charge in [-0.15, -0.1) is 11.3 Å². The fourth-order valence-electron chi connectivity index (χ4n) is 1.32. The lowest BCUT2D eigenvalue weighted by atomic mass is 10.2. The second-order valence-corrected chi connectivity index (χ2v) is 5.86. The molecule has 0 amide bonds. The van der Waals surface area contributed by atoms with Gasteiger partial charge in [0.15, 0.2) is 17.0 Å². The molecule has 0 aromatic carbocycles. The Morgan fingerprint density at radius 2 is 2.37 bits per heavy atom. The summed E-state index contributed by atoms with van der Waals surface area (Å²) in [5, 5.41) is 6.85. The van der Waals surface area contributed by atoms with Crippen LogP contribution in [-0.4, -0.2) is 10.8 Å². The fourth-order valence-corrected chi connectivity index (χ4v) is 2.45. The minimum Gasteiger partial charge on any atom is -0.446 e. The van der Waals surface area contributed by atoms with E-state index in [2.05, 4.69) is 39.9 Å². The van der Waals surface area contributed by atoms with Crippen LogP contribution in [0.5, 0.6) is 0 Å². The number of hydrogen-bond acceptors (Lipinski definition) is 5. The number of nitrogens with two attached hydrogens (primary N) is 1. The summed E-state index contributed by atoms with van der Waals surface area (Å²) in [7, 11) is 0. The van der Waals surface area contributed by atoms with Crippen LogP contribution in [0.15, 0.2) is 31.8 Å². The van der Waals surface area contributed by atoms with Crippen LogP contribution >= 0.6 is 27.3 Å². The van der Waals surface area contributed by atoms with Gasteiger partial charge in [0.05, 0.1) is 10.7 Å². The molecule has 0 fully saturated rings. The Morgan fingerprint density at radius 3 is 2.95 bits per heavy atom. The van der Waals surface area contributed by atoms with E-state index in [-0.39, 0.29) is 5.84 Å². The maximum absolute atomic E-state index is 5.72. The number of halogens is 1. The zero-order chi connectivity index (χ0) is 13.8. The van der Waals surface area contributed by atoms with E-state index in [9.17, 15) is 0 Å². The summed E-state index contributed by atoms with van der Waals surface area (Å²) in [6.45, 7) is 4.51. The molecule has 19 heavy (non-hydrogen) atoms. The molecule has 0 bridgehead atoms. The molecule has 0 saturated carbocycles. The molecule has 102 valence electrons. The van der Waals surface area contributed by atoms with Crippen LogP contribution in [0.25, 0.3) is 0 Å². The van der Waals surface area contributed by atoms with Gasteiger partial charge in [0, 0.05) is 11.3 Å². The molecule has 7 heteroatoms. The minimum absolute atomic E-state index is 0.199. The molecule has 2 rings (SSSR count). The number of nitrogens with zero attached hydrogens (tertiary/aromatic N) is 2. The standard InChI is InChI=1S/C12H14BrN3O2S/c1-7(2)12-15-8(6-19-12)5-17-16-11(14)9-3-4-10(13)18-9/h3-4,6-7H,5H2,1-2H3,(H2,14,16). The first kappa shape index (κ1) is 14.1. The molecule has 0 aliphatic carbocycles. The quantitative estimate of drug-likeness (QED) is 0.512. The molecule has 0 spiro atoms. The van der Waals surface area contributed by atoms with E-state index >= 15 is 0 Å². The molecule has 0 unspecified atom stereocenters. The molecular formula is C12H14BrN3O2S. The number of thiazole rings is 1. The van der Waals surface area contributed by atoms with Crippen LogP contribution in [0.1, 0.15) is 36.2 Å². The van der Waals surface area contributed by atoms with E-state index in [1.54, 1.807) is 23.5 Å². The predicted octanol–water partition coefficient (Wildman–Crippen LogP) is 3.46. The van der Waals surface area contributed by atoms with Gasteiger partial charge in [-0.1, -0.05) is 19.0 Å². The number of furan rings is 1. The number of aromatic nitrogens is 1. The summed E-state index contributed by atoms with van der Waals surface area (Å²) in [6.07, 6.45) is 0. The summed E-state index contributed by atoms with van der Waals surface area (Å²) in [6, 6.07) is 3.46. The van der Waals surface area contributed by atoms with Gasteiger partial charge in [-0.2, -0.15) is 0 Å². The second kappa shape index (κ2) is 6.21. The van der Waals surface area contributed by atoms with Gasteiger partial charge in [-0.25, -0.2) is 4.98 Å².